The molecule has 1 heteroatoms. The number of fused-ring (bicyclic) bond motifs is 1. The predicted molar refractivity (Wildman–Crippen MR) is 61.2 cm³/mol. The maximum Gasteiger partial charge on any atom is 0.145 e. The largest absolute Gasteiger partial charge is 0.307 e. The lowest BCUT2D eigenvalue weighted by Crippen LogP contribution is -2.54. The molecule has 14 heavy (non-hydrogen) atoms. The van der Waals surface area contributed by atoms with Gasteiger partial charge >= 0.3 is 0 Å². The summed E-state index contributed by atoms with van der Waals surface area (Å²) in [6, 6.07) is 3.10. The fourth-order valence-corrected chi connectivity index (χ4v) is 3.74. The summed E-state index contributed by atoms with van der Waals surface area (Å²) in [4.78, 5) is 0. The minimum atomic E-state index is 0.963. The van der Waals surface area contributed by atoms with Crippen LogP contribution in [0.4, 0.5) is 0 Å². The third kappa shape index (κ3) is 1.41. The van der Waals surface area contributed by atoms with E-state index < -0.39 is 0 Å². The van der Waals surface area contributed by atoms with Crippen LogP contribution in [-0.4, -0.2) is 29.2 Å². The fourth-order valence-electron chi connectivity index (χ4n) is 3.74. The van der Waals surface area contributed by atoms with Crippen LogP contribution in [0.1, 0.15) is 59.3 Å². The Hall–Kier alpha value is -0.0400. The van der Waals surface area contributed by atoms with Crippen molar-refractivity contribution in [2.24, 2.45) is 0 Å². The van der Waals surface area contributed by atoms with Gasteiger partial charge in [-0.25, -0.2) is 0 Å². The van der Waals surface area contributed by atoms with Crippen LogP contribution in [-0.2, 0) is 0 Å². The van der Waals surface area contributed by atoms with E-state index in [-0.39, 0.29) is 0 Å². The van der Waals surface area contributed by atoms with Crippen LogP contribution in [0.25, 0.3) is 0 Å². The molecule has 0 spiro atoms. The van der Waals surface area contributed by atoms with Crippen molar-refractivity contribution in [3.05, 3.63) is 0 Å². The van der Waals surface area contributed by atoms with Gasteiger partial charge in [0.2, 0.25) is 0 Å². The van der Waals surface area contributed by atoms with Crippen molar-refractivity contribution in [2.45, 2.75) is 77.4 Å². The molecule has 4 atom stereocenters. The zero-order chi connectivity index (χ0) is 10.2. The highest BCUT2D eigenvalue weighted by Crippen LogP contribution is 2.53. The predicted octanol–water partition coefficient (Wildman–Crippen LogP) is 3.34. The quantitative estimate of drug-likeness (QED) is 0.347. The van der Waals surface area contributed by atoms with Crippen LogP contribution in [0.2, 0.25) is 0 Å². The zero-order valence-corrected chi connectivity index (χ0v) is 10.1. The van der Waals surface area contributed by atoms with Gasteiger partial charge in [-0.05, 0) is 26.2 Å². The summed E-state index contributed by atoms with van der Waals surface area (Å²) in [7, 11) is 0. The Morgan fingerprint density at radius 1 is 1.29 bits per heavy atom. The average molecular weight is 196 g/mol. The number of quaternary nitrogens is 1. The lowest BCUT2D eigenvalue weighted by molar-refractivity contribution is -0.899. The van der Waals surface area contributed by atoms with Gasteiger partial charge < -0.3 is 4.48 Å². The Labute approximate surface area is 89.1 Å². The van der Waals surface area contributed by atoms with E-state index in [1.165, 1.54) is 49.6 Å². The molecule has 82 valence electrons. The molecule has 0 amide bonds. The van der Waals surface area contributed by atoms with Crippen LogP contribution in [0, 0.1) is 0 Å². The molecule has 0 radical (unpaired) electrons. The van der Waals surface area contributed by atoms with Gasteiger partial charge in [-0.1, -0.05) is 26.7 Å². The SMILES string of the molecule is CCCCCC(C)[N+]12CC1CC2CC. The summed E-state index contributed by atoms with van der Waals surface area (Å²) in [6.45, 7) is 8.69. The topological polar surface area (TPSA) is 0 Å². The molecule has 0 aliphatic carbocycles. The summed E-state index contributed by atoms with van der Waals surface area (Å²) >= 11 is 0. The minimum Gasteiger partial charge on any atom is -0.307 e. The molecule has 0 aromatic rings. The molecule has 0 aromatic heterocycles. The second-order valence-corrected chi connectivity index (χ2v) is 5.47. The smallest absolute Gasteiger partial charge is 0.145 e. The van der Waals surface area contributed by atoms with Crippen molar-refractivity contribution in [3.63, 3.8) is 0 Å². The molecule has 2 fully saturated rings. The molecule has 0 aromatic carbocycles. The molecular weight excluding hydrogens is 170 g/mol. The van der Waals surface area contributed by atoms with E-state index in [0.29, 0.717) is 0 Å². The number of rotatable bonds is 6. The Kier molecular flexibility index (Phi) is 2.88. The first-order valence-corrected chi connectivity index (χ1v) is 6.62. The highest BCUT2D eigenvalue weighted by Gasteiger charge is 2.70. The number of hydrogen-bond acceptors (Lipinski definition) is 0. The lowest BCUT2D eigenvalue weighted by Gasteiger charge is -2.41. The van der Waals surface area contributed by atoms with Gasteiger partial charge in [0.15, 0.2) is 0 Å². The molecule has 2 aliphatic rings. The lowest BCUT2D eigenvalue weighted by atomic mass is 9.95. The molecule has 2 aliphatic heterocycles. The van der Waals surface area contributed by atoms with Gasteiger partial charge in [0.05, 0.1) is 18.5 Å². The van der Waals surface area contributed by atoms with Crippen molar-refractivity contribution < 1.29 is 4.48 Å². The molecule has 0 saturated carbocycles. The highest BCUT2D eigenvalue weighted by atomic mass is 15.6. The number of unbranched alkanes of at least 4 members (excludes halogenated alkanes) is 2. The first-order chi connectivity index (χ1) is 6.75. The molecular formula is C13H26N+. The first-order valence-electron chi connectivity index (χ1n) is 6.62. The van der Waals surface area contributed by atoms with E-state index in [2.05, 4.69) is 20.8 Å². The maximum absolute atomic E-state index is 2.50. The average Bonchev–Trinajstić information content (AvgIpc) is 2.74. The van der Waals surface area contributed by atoms with E-state index in [0.717, 1.165) is 18.1 Å². The van der Waals surface area contributed by atoms with E-state index >= 15 is 0 Å². The van der Waals surface area contributed by atoms with Crippen LogP contribution >= 0.6 is 0 Å². The summed E-state index contributed by atoms with van der Waals surface area (Å²) in [5, 5.41) is 0. The van der Waals surface area contributed by atoms with Gasteiger partial charge in [0.25, 0.3) is 0 Å². The second kappa shape index (κ2) is 3.84. The monoisotopic (exact) mass is 196 g/mol. The van der Waals surface area contributed by atoms with Gasteiger partial charge in [0.1, 0.15) is 12.6 Å². The molecule has 0 N–H and O–H groups in total. The second-order valence-electron chi connectivity index (χ2n) is 5.47. The third-order valence-corrected chi connectivity index (χ3v) is 4.81. The Bertz CT molecular complexity index is 201. The van der Waals surface area contributed by atoms with Crippen molar-refractivity contribution in [1.29, 1.82) is 0 Å². The normalized spacial score (nSPS) is 41.4. The molecule has 2 rings (SSSR count). The highest BCUT2D eigenvalue weighted by molar-refractivity contribution is 4.94. The summed E-state index contributed by atoms with van der Waals surface area (Å²) < 4.78 is 1.53. The van der Waals surface area contributed by atoms with Crippen molar-refractivity contribution in [3.8, 4) is 0 Å². The number of nitrogens with zero attached hydrogens (tertiary/aromatic N) is 1. The van der Waals surface area contributed by atoms with Crippen LogP contribution in [0.15, 0.2) is 0 Å². The first kappa shape index (κ1) is 10.5. The minimum absolute atomic E-state index is 0.963. The van der Waals surface area contributed by atoms with Crippen LogP contribution < -0.4 is 0 Å². The Morgan fingerprint density at radius 2 is 2.07 bits per heavy atom. The number of hydrogen-bond donors (Lipinski definition) is 0. The Balaban J connectivity index is 1.78. The van der Waals surface area contributed by atoms with Crippen LogP contribution in [0.3, 0.4) is 0 Å². The van der Waals surface area contributed by atoms with Gasteiger partial charge in [0, 0.05) is 0 Å². The molecule has 4 unspecified atom stereocenters. The molecule has 1 nitrogen and oxygen atoms in total. The molecule has 2 saturated heterocycles. The standard InChI is InChI=1S/C13H26N/c1-4-6-7-8-11(3)14-10-13(14)9-12(14)5-2/h11-13H,4-10H2,1-3H3/q+1. The van der Waals surface area contributed by atoms with Crippen molar-refractivity contribution in [1.82, 2.24) is 0 Å². The Morgan fingerprint density at radius 3 is 2.57 bits per heavy atom. The fraction of sp³-hybridized carbons (Fsp3) is 1.00. The summed E-state index contributed by atoms with van der Waals surface area (Å²) in [6.07, 6.45) is 8.68. The van der Waals surface area contributed by atoms with E-state index in [1.807, 2.05) is 0 Å². The van der Waals surface area contributed by atoms with Crippen molar-refractivity contribution >= 4 is 0 Å². The molecule has 0 bridgehead atoms. The van der Waals surface area contributed by atoms with Gasteiger partial charge in [-0.2, -0.15) is 0 Å². The summed E-state index contributed by atoms with van der Waals surface area (Å²) in [5.74, 6) is 0. The van der Waals surface area contributed by atoms with Crippen molar-refractivity contribution in [2.75, 3.05) is 6.54 Å². The zero-order valence-electron chi connectivity index (χ0n) is 10.1. The van der Waals surface area contributed by atoms with E-state index in [4.69, 9.17) is 0 Å². The van der Waals surface area contributed by atoms with Gasteiger partial charge in [-0.15, -0.1) is 0 Å². The third-order valence-electron chi connectivity index (χ3n) is 4.81. The maximum atomic E-state index is 2.50. The summed E-state index contributed by atoms with van der Waals surface area (Å²) in [5.41, 5.74) is 0. The van der Waals surface area contributed by atoms with E-state index in [1.54, 1.807) is 0 Å². The van der Waals surface area contributed by atoms with Crippen LogP contribution in [0.5, 0.6) is 0 Å². The molecule has 2 heterocycles. The van der Waals surface area contributed by atoms with E-state index in [9.17, 15) is 0 Å². The van der Waals surface area contributed by atoms with Gasteiger partial charge in [-0.3, -0.25) is 0 Å².